The van der Waals surface area contributed by atoms with E-state index in [-0.39, 0.29) is 0 Å². The van der Waals surface area contributed by atoms with Crippen LogP contribution in [0.5, 0.6) is 0 Å². The third kappa shape index (κ3) is 2.69. The van der Waals surface area contributed by atoms with Gasteiger partial charge < -0.3 is 10.6 Å². The van der Waals surface area contributed by atoms with Crippen LogP contribution in [0.2, 0.25) is 0 Å². The van der Waals surface area contributed by atoms with E-state index < -0.39 is 0 Å². The summed E-state index contributed by atoms with van der Waals surface area (Å²) in [4.78, 5) is 11.5. The SMILES string of the molecule is CCc1cc2c(Nc3ccccc3C)nc(NC)nc2s1. The van der Waals surface area contributed by atoms with Crippen LogP contribution in [0.25, 0.3) is 10.2 Å². The summed E-state index contributed by atoms with van der Waals surface area (Å²) in [6.45, 7) is 4.25. The Morgan fingerprint density at radius 3 is 2.71 bits per heavy atom. The summed E-state index contributed by atoms with van der Waals surface area (Å²) >= 11 is 1.72. The highest BCUT2D eigenvalue weighted by Crippen LogP contribution is 2.32. The molecule has 0 amide bonds. The Morgan fingerprint density at radius 1 is 1.19 bits per heavy atom. The number of anilines is 3. The second kappa shape index (κ2) is 5.69. The minimum Gasteiger partial charge on any atom is -0.357 e. The third-order valence-electron chi connectivity index (χ3n) is 3.41. The number of aromatic nitrogens is 2. The van der Waals surface area contributed by atoms with Crippen LogP contribution in [0.15, 0.2) is 30.3 Å². The van der Waals surface area contributed by atoms with Gasteiger partial charge in [-0.05, 0) is 31.0 Å². The van der Waals surface area contributed by atoms with E-state index in [9.17, 15) is 0 Å². The standard InChI is InChI=1S/C16H18N4S/c1-4-11-9-12-14(18-13-8-6-5-7-10(13)2)19-16(17-3)20-15(12)21-11/h5-9H,4H2,1-3H3,(H2,17,18,19,20). The molecule has 0 aliphatic heterocycles. The number of thiophene rings is 1. The van der Waals surface area contributed by atoms with Gasteiger partial charge in [-0.25, -0.2) is 4.98 Å². The summed E-state index contributed by atoms with van der Waals surface area (Å²) in [5.74, 6) is 1.50. The van der Waals surface area contributed by atoms with Gasteiger partial charge in [0.1, 0.15) is 10.6 Å². The lowest BCUT2D eigenvalue weighted by molar-refractivity contribution is 1.19. The van der Waals surface area contributed by atoms with Gasteiger partial charge in [0, 0.05) is 17.6 Å². The molecular weight excluding hydrogens is 280 g/mol. The zero-order valence-electron chi connectivity index (χ0n) is 12.4. The molecule has 2 heterocycles. The van der Waals surface area contributed by atoms with E-state index >= 15 is 0 Å². The predicted octanol–water partition coefficient (Wildman–Crippen LogP) is 4.35. The molecule has 1 aromatic carbocycles. The molecule has 0 saturated heterocycles. The van der Waals surface area contributed by atoms with Gasteiger partial charge in [0.15, 0.2) is 0 Å². The quantitative estimate of drug-likeness (QED) is 0.752. The van der Waals surface area contributed by atoms with E-state index in [4.69, 9.17) is 0 Å². The summed E-state index contributed by atoms with van der Waals surface area (Å²) in [5, 5.41) is 7.56. The smallest absolute Gasteiger partial charge is 0.225 e. The fourth-order valence-corrected chi connectivity index (χ4v) is 3.16. The largest absolute Gasteiger partial charge is 0.357 e. The summed E-state index contributed by atoms with van der Waals surface area (Å²) in [5.41, 5.74) is 2.27. The van der Waals surface area contributed by atoms with Crippen molar-refractivity contribution in [2.75, 3.05) is 17.7 Å². The van der Waals surface area contributed by atoms with E-state index in [0.717, 1.165) is 28.1 Å². The Labute approximate surface area is 128 Å². The van der Waals surface area contributed by atoms with Crippen LogP contribution in [0.1, 0.15) is 17.4 Å². The van der Waals surface area contributed by atoms with Gasteiger partial charge in [0.2, 0.25) is 5.95 Å². The molecule has 0 unspecified atom stereocenters. The number of para-hydroxylation sites is 1. The van der Waals surface area contributed by atoms with Gasteiger partial charge in [0.25, 0.3) is 0 Å². The van der Waals surface area contributed by atoms with Crippen LogP contribution < -0.4 is 10.6 Å². The molecule has 2 N–H and O–H groups in total. The molecule has 0 fully saturated rings. The van der Waals surface area contributed by atoms with E-state index in [1.54, 1.807) is 11.3 Å². The van der Waals surface area contributed by atoms with E-state index in [1.807, 2.05) is 19.2 Å². The number of benzene rings is 1. The highest BCUT2D eigenvalue weighted by Gasteiger charge is 2.11. The summed E-state index contributed by atoms with van der Waals surface area (Å²) < 4.78 is 0. The summed E-state index contributed by atoms with van der Waals surface area (Å²) in [7, 11) is 1.84. The topological polar surface area (TPSA) is 49.8 Å². The van der Waals surface area contributed by atoms with Gasteiger partial charge in [-0.15, -0.1) is 11.3 Å². The molecule has 0 bridgehead atoms. The van der Waals surface area contributed by atoms with Gasteiger partial charge >= 0.3 is 0 Å². The van der Waals surface area contributed by atoms with Crippen molar-refractivity contribution in [3.05, 3.63) is 40.8 Å². The molecule has 0 saturated carbocycles. The molecule has 3 rings (SSSR count). The van der Waals surface area contributed by atoms with Crippen molar-refractivity contribution in [3.8, 4) is 0 Å². The maximum Gasteiger partial charge on any atom is 0.225 e. The van der Waals surface area contributed by atoms with E-state index in [0.29, 0.717) is 5.95 Å². The molecular formula is C16H18N4S. The molecule has 0 atom stereocenters. The lowest BCUT2D eigenvalue weighted by Crippen LogP contribution is -2.01. The van der Waals surface area contributed by atoms with Crippen LogP contribution in [0.3, 0.4) is 0 Å². The summed E-state index contributed by atoms with van der Waals surface area (Å²) in [6.07, 6.45) is 1.01. The van der Waals surface area contributed by atoms with Gasteiger partial charge in [-0.3, -0.25) is 0 Å². The van der Waals surface area contributed by atoms with Crippen LogP contribution in [0.4, 0.5) is 17.5 Å². The summed E-state index contributed by atoms with van der Waals surface area (Å²) in [6, 6.07) is 10.4. The molecule has 108 valence electrons. The Balaban J connectivity index is 2.11. The van der Waals surface area contributed by atoms with Gasteiger partial charge in [-0.2, -0.15) is 4.98 Å². The predicted molar refractivity (Wildman–Crippen MR) is 90.8 cm³/mol. The number of nitrogens with zero attached hydrogens (tertiary/aromatic N) is 2. The fraction of sp³-hybridized carbons (Fsp3) is 0.250. The monoisotopic (exact) mass is 298 g/mol. The van der Waals surface area contributed by atoms with E-state index in [1.165, 1.54) is 10.4 Å². The molecule has 5 heteroatoms. The van der Waals surface area contributed by atoms with Gasteiger partial charge in [-0.1, -0.05) is 25.1 Å². The van der Waals surface area contributed by atoms with E-state index in [2.05, 4.69) is 52.6 Å². The lowest BCUT2D eigenvalue weighted by Gasteiger charge is -2.10. The average molecular weight is 298 g/mol. The number of fused-ring (bicyclic) bond motifs is 1. The van der Waals surface area contributed by atoms with Gasteiger partial charge in [0.05, 0.1) is 5.39 Å². The van der Waals surface area contributed by atoms with Crippen molar-refractivity contribution in [2.24, 2.45) is 0 Å². The highest BCUT2D eigenvalue weighted by atomic mass is 32.1. The molecule has 0 radical (unpaired) electrons. The van der Waals surface area contributed by atoms with Crippen molar-refractivity contribution < 1.29 is 0 Å². The van der Waals surface area contributed by atoms with Crippen molar-refractivity contribution >= 4 is 39.0 Å². The van der Waals surface area contributed by atoms with Crippen LogP contribution in [-0.2, 0) is 6.42 Å². The first kappa shape index (κ1) is 13.8. The molecule has 0 aliphatic rings. The van der Waals surface area contributed by atoms with Crippen LogP contribution in [-0.4, -0.2) is 17.0 Å². The molecule has 3 aromatic rings. The molecule has 0 spiro atoms. The Kier molecular flexibility index (Phi) is 3.75. The third-order valence-corrected chi connectivity index (χ3v) is 4.59. The number of hydrogen-bond acceptors (Lipinski definition) is 5. The zero-order valence-corrected chi connectivity index (χ0v) is 13.2. The molecule has 2 aromatic heterocycles. The molecule has 21 heavy (non-hydrogen) atoms. The van der Waals surface area contributed by atoms with Crippen molar-refractivity contribution in [1.29, 1.82) is 0 Å². The second-order valence-electron chi connectivity index (χ2n) is 4.87. The average Bonchev–Trinajstić information content (AvgIpc) is 2.92. The maximum atomic E-state index is 4.58. The highest BCUT2D eigenvalue weighted by molar-refractivity contribution is 7.18. The van der Waals surface area contributed by atoms with Crippen molar-refractivity contribution in [3.63, 3.8) is 0 Å². The minimum absolute atomic E-state index is 0.642. The van der Waals surface area contributed by atoms with Crippen molar-refractivity contribution in [2.45, 2.75) is 20.3 Å². The number of rotatable bonds is 4. The maximum absolute atomic E-state index is 4.58. The molecule has 0 aliphatic carbocycles. The second-order valence-corrected chi connectivity index (χ2v) is 5.99. The fourth-order valence-electron chi connectivity index (χ4n) is 2.19. The zero-order chi connectivity index (χ0) is 14.8. The Bertz CT molecular complexity index is 779. The minimum atomic E-state index is 0.642. The van der Waals surface area contributed by atoms with Crippen LogP contribution >= 0.6 is 11.3 Å². The van der Waals surface area contributed by atoms with Crippen molar-refractivity contribution in [1.82, 2.24) is 9.97 Å². The first-order valence-electron chi connectivity index (χ1n) is 7.02. The first-order valence-corrected chi connectivity index (χ1v) is 7.83. The van der Waals surface area contributed by atoms with Crippen LogP contribution in [0, 0.1) is 6.92 Å². The normalized spacial score (nSPS) is 10.8. The number of aryl methyl sites for hydroxylation is 2. The Morgan fingerprint density at radius 2 is 2.00 bits per heavy atom. The number of nitrogens with one attached hydrogen (secondary N) is 2. The first-order chi connectivity index (χ1) is 10.2. The lowest BCUT2D eigenvalue weighted by atomic mass is 10.2. The number of hydrogen-bond donors (Lipinski definition) is 2. The Hall–Kier alpha value is -2.14. The molecule has 4 nitrogen and oxygen atoms in total.